The molecule has 1 atom stereocenters. The number of nitrogens with one attached hydrogen (secondary N) is 1. The predicted molar refractivity (Wildman–Crippen MR) is 80.4 cm³/mol. The molecule has 0 fully saturated rings. The third-order valence-electron chi connectivity index (χ3n) is 3.83. The molecule has 1 aliphatic heterocycles. The van der Waals surface area contributed by atoms with Gasteiger partial charge >= 0.3 is 0 Å². The van der Waals surface area contributed by atoms with Gasteiger partial charge in [0.15, 0.2) is 0 Å². The third-order valence-corrected chi connectivity index (χ3v) is 3.83. The van der Waals surface area contributed by atoms with Crippen LogP contribution in [0.25, 0.3) is 0 Å². The van der Waals surface area contributed by atoms with Crippen LogP contribution in [0.1, 0.15) is 29.2 Å². The van der Waals surface area contributed by atoms with Gasteiger partial charge in [0, 0.05) is 6.42 Å². The van der Waals surface area contributed by atoms with E-state index in [1.54, 1.807) is 37.4 Å². The number of rotatable bonds is 3. The van der Waals surface area contributed by atoms with Gasteiger partial charge in [-0.3, -0.25) is 4.79 Å². The number of benzene rings is 2. The molecule has 0 radical (unpaired) electrons. The number of amides is 1. The molecule has 114 valence electrons. The van der Waals surface area contributed by atoms with Gasteiger partial charge in [0.1, 0.15) is 17.7 Å². The molecule has 4 nitrogen and oxygen atoms in total. The molecular weight excluding hydrogens is 285 g/mol. The van der Waals surface area contributed by atoms with Crippen molar-refractivity contribution in [1.82, 2.24) is 0 Å². The maximum atomic E-state index is 14.2. The number of hydrogen-bond acceptors (Lipinski definition) is 3. The molecule has 1 amide bonds. The van der Waals surface area contributed by atoms with Crippen LogP contribution in [0, 0.1) is 5.82 Å². The Balaban J connectivity index is 1.94. The summed E-state index contributed by atoms with van der Waals surface area (Å²) in [6.45, 7) is 0. The van der Waals surface area contributed by atoms with E-state index in [0.29, 0.717) is 35.3 Å². The fourth-order valence-corrected chi connectivity index (χ4v) is 2.61. The normalized spacial score (nSPS) is 15.0. The number of fused-ring (bicyclic) bond motifs is 1. The lowest BCUT2D eigenvalue weighted by molar-refractivity contribution is -0.116. The number of aliphatic hydroxyl groups is 1. The Morgan fingerprint density at radius 3 is 2.59 bits per heavy atom. The number of halogens is 1. The number of carbonyl (C=O) groups is 1. The molecule has 0 saturated carbocycles. The van der Waals surface area contributed by atoms with Gasteiger partial charge in [-0.25, -0.2) is 4.39 Å². The average molecular weight is 301 g/mol. The zero-order valence-electron chi connectivity index (χ0n) is 12.1. The first kappa shape index (κ1) is 14.5. The number of aryl methyl sites for hydroxylation is 1. The number of methoxy groups -OCH3 is 1. The fraction of sp³-hybridized carbons (Fsp3) is 0.235. The van der Waals surface area contributed by atoms with Crippen molar-refractivity contribution < 1.29 is 19.0 Å². The Bertz CT molecular complexity index is 713. The molecule has 2 aromatic rings. The molecule has 0 saturated heterocycles. The second kappa shape index (κ2) is 5.77. The zero-order valence-corrected chi connectivity index (χ0v) is 12.1. The second-order valence-corrected chi connectivity index (χ2v) is 5.26. The minimum Gasteiger partial charge on any atom is -0.497 e. The first-order valence-corrected chi connectivity index (χ1v) is 7.02. The Morgan fingerprint density at radius 1 is 1.18 bits per heavy atom. The topological polar surface area (TPSA) is 58.6 Å². The summed E-state index contributed by atoms with van der Waals surface area (Å²) in [6, 6.07) is 9.97. The zero-order chi connectivity index (χ0) is 15.7. The lowest BCUT2D eigenvalue weighted by Gasteiger charge is -2.20. The Hall–Kier alpha value is -2.40. The van der Waals surface area contributed by atoms with E-state index in [4.69, 9.17) is 4.74 Å². The summed E-state index contributed by atoms with van der Waals surface area (Å²) >= 11 is 0. The van der Waals surface area contributed by atoms with Crippen molar-refractivity contribution in [2.75, 3.05) is 12.4 Å². The summed E-state index contributed by atoms with van der Waals surface area (Å²) in [5, 5.41) is 13.0. The molecule has 0 aliphatic carbocycles. The van der Waals surface area contributed by atoms with Crippen LogP contribution in [-0.4, -0.2) is 18.1 Å². The molecule has 5 heteroatoms. The lowest BCUT2D eigenvalue weighted by atomic mass is 9.95. The lowest BCUT2D eigenvalue weighted by Crippen LogP contribution is -2.20. The van der Waals surface area contributed by atoms with Crippen LogP contribution in [0.5, 0.6) is 5.75 Å². The molecule has 2 N–H and O–H groups in total. The summed E-state index contributed by atoms with van der Waals surface area (Å²) in [5.41, 5.74) is 2.06. The van der Waals surface area contributed by atoms with E-state index >= 15 is 0 Å². The van der Waals surface area contributed by atoms with Gasteiger partial charge in [0.25, 0.3) is 0 Å². The maximum absolute atomic E-state index is 14.2. The van der Waals surface area contributed by atoms with Crippen molar-refractivity contribution in [1.29, 1.82) is 0 Å². The highest BCUT2D eigenvalue weighted by Gasteiger charge is 2.21. The van der Waals surface area contributed by atoms with E-state index in [-0.39, 0.29) is 11.6 Å². The Kier molecular flexibility index (Phi) is 3.81. The largest absolute Gasteiger partial charge is 0.497 e. The standard InChI is InChI=1S/C17H16FNO3/c1-22-13-5-2-10(3-6-13)17(21)12-8-11-4-7-15(20)19-16(11)14(18)9-12/h2-3,5-6,8-9,17,21H,4,7H2,1H3,(H,19,20). The van der Waals surface area contributed by atoms with Crippen molar-refractivity contribution in [3.05, 3.63) is 58.9 Å². The second-order valence-electron chi connectivity index (χ2n) is 5.26. The maximum Gasteiger partial charge on any atom is 0.224 e. The summed E-state index contributed by atoms with van der Waals surface area (Å²) < 4.78 is 19.2. The molecule has 2 aromatic carbocycles. The highest BCUT2D eigenvalue weighted by Crippen LogP contribution is 2.32. The monoisotopic (exact) mass is 301 g/mol. The molecule has 1 aliphatic rings. The van der Waals surface area contributed by atoms with Crippen molar-refractivity contribution >= 4 is 11.6 Å². The molecule has 0 spiro atoms. The SMILES string of the molecule is COc1ccc(C(O)c2cc(F)c3c(c2)CCC(=O)N3)cc1. The van der Waals surface area contributed by atoms with Gasteiger partial charge in [-0.05, 0) is 41.3 Å². The van der Waals surface area contributed by atoms with Crippen LogP contribution < -0.4 is 10.1 Å². The number of hydrogen-bond donors (Lipinski definition) is 2. The van der Waals surface area contributed by atoms with Gasteiger partial charge in [-0.15, -0.1) is 0 Å². The van der Waals surface area contributed by atoms with Crippen LogP contribution in [0.15, 0.2) is 36.4 Å². The Labute approximate surface area is 127 Å². The van der Waals surface area contributed by atoms with E-state index < -0.39 is 11.9 Å². The molecular formula is C17H16FNO3. The van der Waals surface area contributed by atoms with Crippen molar-refractivity contribution in [3.63, 3.8) is 0 Å². The molecule has 1 unspecified atom stereocenters. The molecule has 3 rings (SSSR count). The van der Waals surface area contributed by atoms with Gasteiger partial charge in [0.2, 0.25) is 5.91 Å². The predicted octanol–water partition coefficient (Wildman–Crippen LogP) is 2.80. The molecule has 1 heterocycles. The highest BCUT2D eigenvalue weighted by atomic mass is 19.1. The van der Waals surface area contributed by atoms with E-state index in [2.05, 4.69) is 5.32 Å². The summed E-state index contributed by atoms with van der Waals surface area (Å²) in [6.07, 6.45) is -0.126. The van der Waals surface area contributed by atoms with Gasteiger partial charge in [-0.1, -0.05) is 18.2 Å². The van der Waals surface area contributed by atoms with Crippen LogP contribution in [0.3, 0.4) is 0 Å². The van der Waals surface area contributed by atoms with Crippen molar-refractivity contribution in [2.45, 2.75) is 18.9 Å². The molecule has 22 heavy (non-hydrogen) atoms. The molecule has 0 aromatic heterocycles. The first-order valence-electron chi connectivity index (χ1n) is 7.02. The van der Waals surface area contributed by atoms with Crippen LogP contribution >= 0.6 is 0 Å². The summed E-state index contributed by atoms with van der Waals surface area (Å²) in [5.74, 6) is -0.0155. The van der Waals surface area contributed by atoms with Crippen molar-refractivity contribution in [3.8, 4) is 5.75 Å². The number of anilines is 1. The summed E-state index contributed by atoms with van der Waals surface area (Å²) in [4.78, 5) is 11.3. The van der Waals surface area contributed by atoms with Gasteiger partial charge < -0.3 is 15.2 Å². The first-order chi connectivity index (χ1) is 10.6. The minimum absolute atomic E-state index is 0.185. The average Bonchev–Trinajstić information content (AvgIpc) is 2.55. The third kappa shape index (κ3) is 2.67. The van der Waals surface area contributed by atoms with E-state index in [0.717, 1.165) is 0 Å². The Morgan fingerprint density at radius 2 is 1.91 bits per heavy atom. The van der Waals surface area contributed by atoms with Crippen LogP contribution in [0.4, 0.5) is 10.1 Å². The van der Waals surface area contributed by atoms with Gasteiger partial charge in [0.05, 0.1) is 12.8 Å². The van der Waals surface area contributed by atoms with E-state index in [1.807, 2.05) is 0 Å². The van der Waals surface area contributed by atoms with Gasteiger partial charge in [-0.2, -0.15) is 0 Å². The minimum atomic E-state index is -0.927. The quantitative estimate of drug-likeness (QED) is 0.916. The smallest absolute Gasteiger partial charge is 0.224 e. The number of carbonyl (C=O) groups excluding carboxylic acids is 1. The van der Waals surface area contributed by atoms with Crippen LogP contribution in [0.2, 0.25) is 0 Å². The number of ether oxygens (including phenoxy) is 1. The number of aliphatic hydroxyl groups excluding tert-OH is 1. The van der Waals surface area contributed by atoms with E-state index in [1.165, 1.54) is 6.07 Å². The fourth-order valence-electron chi connectivity index (χ4n) is 2.61. The van der Waals surface area contributed by atoms with Crippen molar-refractivity contribution in [2.24, 2.45) is 0 Å². The highest BCUT2D eigenvalue weighted by molar-refractivity contribution is 5.94. The molecule has 0 bridgehead atoms. The summed E-state index contributed by atoms with van der Waals surface area (Å²) in [7, 11) is 1.57. The van der Waals surface area contributed by atoms with E-state index in [9.17, 15) is 14.3 Å². The van der Waals surface area contributed by atoms with Crippen LogP contribution in [-0.2, 0) is 11.2 Å².